The predicted molar refractivity (Wildman–Crippen MR) is 122 cm³/mol. The van der Waals surface area contributed by atoms with Crippen LogP contribution in [0.25, 0.3) is 0 Å². The van der Waals surface area contributed by atoms with Gasteiger partial charge in [-0.2, -0.15) is 0 Å². The van der Waals surface area contributed by atoms with Gasteiger partial charge in [0.25, 0.3) is 11.8 Å². The number of carbonyl (C=O) groups is 2. The Kier molecular flexibility index (Phi) is 6.34. The summed E-state index contributed by atoms with van der Waals surface area (Å²) in [4.78, 5) is 25.1. The molecule has 4 rings (SSSR count). The lowest BCUT2D eigenvalue weighted by molar-refractivity contribution is 0.0950. The number of amides is 2. The van der Waals surface area contributed by atoms with Gasteiger partial charge in [-0.15, -0.1) is 0 Å². The molecule has 32 heavy (non-hydrogen) atoms. The third-order valence-corrected chi connectivity index (χ3v) is 6.54. The van der Waals surface area contributed by atoms with Gasteiger partial charge in [-0.1, -0.05) is 30.3 Å². The first-order valence-electron chi connectivity index (χ1n) is 10.3. The average molecular weight is 450 g/mol. The minimum atomic E-state index is -3.55. The molecule has 1 fully saturated rings. The van der Waals surface area contributed by atoms with Crippen molar-refractivity contribution in [1.82, 2.24) is 10.0 Å². The fourth-order valence-electron chi connectivity index (χ4n) is 3.11. The van der Waals surface area contributed by atoms with E-state index in [0.29, 0.717) is 16.8 Å². The summed E-state index contributed by atoms with van der Waals surface area (Å²) in [6.45, 7) is 0.231. The van der Waals surface area contributed by atoms with Gasteiger partial charge in [-0.25, -0.2) is 13.1 Å². The zero-order valence-corrected chi connectivity index (χ0v) is 18.1. The van der Waals surface area contributed by atoms with Crippen molar-refractivity contribution in [3.05, 3.63) is 95.6 Å². The maximum atomic E-state index is 12.5. The summed E-state index contributed by atoms with van der Waals surface area (Å²) in [7, 11) is -3.55. The van der Waals surface area contributed by atoms with Crippen molar-refractivity contribution in [2.75, 3.05) is 5.32 Å². The van der Waals surface area contributed by atoms with Gasteiger partial charge in [0, 0.05) is 29.4 Å². The summed E-state index contributed by atoms with van der Waals surface area (Å²) in [6, 6.07) is 22.0. The zero-order valence-electron chi connectivity index (χ0n) is 17.2. The van der Waals surface area contributed by atoms with Crippen LogP contribution in [-0.2, 0) is 16.6 Å². The quantitative estimate of drug-likeness (QED) is 0.491. The highest BCUT2D eigenvalue weighted by Crippen LogP contribution is 2.22. The molecule has 1 aliphatic carbocycles. The maximum Gasteiger partial charge on any atom is 0.255 e. The third-order valence-electron chi connectivity index (χ3n) is 5.00. The molecule has 0 aromatic heterocycles. The van der Waals surface area contributed by atoms with Gasteiger partial charge in [-0.05, 0) is 66.9 Å². The number of benzene rings is 3. The standard InChI is InChI=1S/C24H23N3O4S/c28-23(18-9-13-22(14-10-18)32(30,31)27-21-11-12-21)25-16-17-5-4-6-19(15-17)24(29)26-20-7-2-1-3-8-20/h1-10,13-15,21,27H,11-12,16H2,(H,25,28)(H,26,29). The summed E-state index contributed by atoms with van der Waals surface area (Å²) >= 11 is 0. The Hall–Kier alpha value is -3.49. The van der Waals surface area contributed by atoms with E-state index in [1.165, 1.54) is 24.3 Å². The van der Waals surface area contributed by atoms with E-state index in [4.69, 9.17) is 0 Å². The average Bonchev–Trinajstić information content (AvgIpc) is 3.62. The predicted octanol–water partition coefficient (Wildman–Crippen LogP) is 3.31. The van der Waals surface area contributed by atoms with Gasteiger partial charge in [0.2, 0.25) is 10.0 Å². The van der Waals surface area contributed by atoms with Gasteiger partial charge < -0.3 is 10.6 Å². The molecular formula is C24H23N3O4S. The van der Waals surface area contributed by atoms with Gasteiger partial charge in [0.1, 0.15) is 0 Å². The highest BCUT2D eigenvalue weighted by Gasteiger charge is 2.27. The van der Waals surface area contributed by atoms with Crippen molar-refractivity contribution in [2.24, 2.45) is 0 Å². The first kappa shape index (κ1) is 21.7. The van der Waals surface area contributed by atoms with Crippen LogP contribution in [0, 0.1) is 0 Å². The Bertz CT molecular complexity index is 1220. The highest BCUT2D eigenvalue weighted by molar-refractivity contribution is 7.89. The van der Waals surface area contributed by atoms with E-state index in [9.17, 15) is 18.0 Å². The van der Waals surface area contributed by atoms with Crippen molar-refractivity contribution in [2.45, 2.75) is 30.3 Å². The normalized spacial score (nSPS) is 13.4. The summed E-state index contributed by atoms with van der Waals surface area (Å²) in [5.41, 5.74) is 2.31. The number of hydrogen-bond donors (Lipinski definition) is 3. The number of anilines is 1. The fraction of sp³-hybridized carbons (Fsp3) is 0.167. The van der Waals surface area contributed by atoms with Crippen LogP contribution < -0.4 is 15.4 Å². The van der Waals surface area contributed by atoms with Crippen molar-refractivity contribution in [3.63, 3.8) is 0 Å². The number of hydrogen-bond acceptors (Lipinski definition) is 4. The lowest BCUT2D eigenvalue weighted by Crippen LogP contribution is -2.26. The molecule has 1 aliphatic rings. The number of nitrogens with one attached hydrogen (secondary N) is 3. The lowest BCUT2D eigenvalue weighted by atomic mass is 10.1. The Morgan fingerprint density at radius 1 is 0.812 bits per heavy atom. The van der Waals surface area contributed by atoms with E-state index in [2.05, 4.69) is 15.4 Å². The monoisotopic (exact) mass is 449 g/mol. The molecule has 3 aromatic carbocycles. The van der Waals surface area contributed by atoms with Crippen molar-refractivity contribution < 1.29 is 18.0 Å². The molecule has 0 bridgehead atoms. The van der Waals surface area contributed by atoms with E-state index in [0.717, 1.165) is 18.4 Å². The Balaban J connectivity index is 1.35. The first-order chi connectivity index (χ1) is 15.4. The van der Waals surface area contributed by atoms with Crippen LogP contribution in [0.3, 0.4) is 0 Å². The van der Waals surface area contributed by atoms with Crippen LogP contribution in [0.15, 0.2) is 83.8 Å². The van der Waals surface area contributed by atoms with Crippen molar-refractivity contribution in [3.8, 4) is 0 Å². The molecule has 7 nitrogen and oxygen atoms in total. The second-order valence-corrected chi connectivity index (χ2v) is 9.34. The van der Waals surface area contributed by atoms with Crippen LogP contribution in [0.4, 0.5) is 5.69 Å². The van der Waals surface area contributed by atoms with Crippen LogP contribution in [0.1, 0.15) is 39.1 Å². The summed E-state index contributed by atoms with van der Waals surface area (Å²) in [5.74, 6) is -0.566. The minimum absolute atomic E-state index is 0.0218. The molecule has 0 saturated heterocycles. The molecule has 0 radical (unpaired) electrons. The number of carbonyl (C=O) groups excluding carboxylic acids is 2. The van der Waals surface area contributed by atoms with E-state index in [1.807, 2.05) is 24.3 Å². The van der Waals surface area contributed by atoms with Crippen LogP contribution in [0.5, 0.6) is 0 Å². The Morgan fingerprint density at radius 2 is 1.53 bits per heavy atom. The topological polar surface area (TPSA) is 104 Å². The molecule has 2 amide bonds. The number of para-hydroxylation sites is 1. The van der Waals surface area contributed by atoms with Gasteiger partial charge in [-0.3, -0.25) is 9.59 Å². The van der Waals surface area contributed by atoms with Gasteiger partial charge >= 0.3 is 0 Å². The molecule has 8 heteroatoms. The van der Waals surface area contributed by atoms with E-state index < -0.39 is 10.0 Å². The zero-order chi connectivity index (χ0) is 22.6. The first-order valence-corrected chi connectivity index (χ1v) is 11.7. The van der Waals surface area contributed by atoms with Gasteiger partial charge in [0.15, 0.2) is 0 Å². The van der Waals surface area contributed by atoms with Crippen molar-refractivity contribution >= 4 is 27.5 Å². The summed E-state index contributed by atoms with van der Waals surface area (Å²) in [5, 5.41) is 5.62. The third kappa shape index (κ3) is 5.60. The molecule has 0 aliphatic heterocycles. The lowest BCUT2D eigenvalue weighted by Gasteiger charge is -2.09. The molecule has 0 spiro atoms. The molecule has 164 valence electrons. The molecule has 0 heterocycles. The number of rotatable bonds is 8. The second-order valence-electron chi connectivity index (χ2n) is 7.62. The molecule has 3 aromatic rings. The SMILES string of the molecule is O=C(NCc1cccc(C(=O)Nc2ccccc2)c1)c1ccc(S(=O)(=O)NC2CC2)cc1. The minimum Gasteiger partial charge on any atom is -0.348 e. The van der Waals surface area contributed by atoms with Crippen LogP contribution >= 0.6 is 0 Å². The molecule has 0 unspecified atom stereocenters. The molecule has 1 saturated carbocycles. The van der Waals surface area contributed by atoms with E-state index >= 15 is 0 Å². The van der Waals surface area contributed by atoms with Crippen molar-refractivity contribution in [1.29, 1.82) is 0 Å². The van der Waals surface area contributed by atoms with E-state index in [-0.39, 0.29) is 29.3 Å². The van der Waals surface area contributed by atoms with Gasteiger partial charge in [0.05, 0.1) is 4.90 Å². The molecule has 3 N–H and O–H groups in total. The largest absolute Gasteiger partial charge is 0.348 e. The molecule has 0 atom stereocenters. The summed E-state index contributed by atoms with van der Waals surface area (Å²) in [6.07, 6.45) is 1.71. The maximum absolute atomic E-state index is 12.5. The van der Waals surface area contributed by atoms with Crippen LogP contribution in [-0.4, -0.2) is 26.3 Å². The Labute approximate surface area is 186 Å². The Morgan fingerprint density at radius 3 is 2.22 bits per heavy atom. The summed E-state index contributed by atoms with van der Waals surface area (Å²) < 4.78 is 27.1. The number of sulfonamides is 1. The van der Waals surface area contributed by atoms with Crippen LogP contribution in [0.2, 0.25) is 0 Å². The highest BCUT2D eigenvalue weighted by atomic mass is 32.2. The second kappa shape index (κ2) is 9.33. The molecular weight excluding hydrogens is 426 g/mol. The van der Waals surface area contributed by atoms with E-state index in [1.54, 1.807) is 30.3 Å². The smallest absolute Gasteiger partial charge is 0.255 e. The fourth-order valence-corrected chi connectivity index (χ4v) is 4.41.